The SMILES string of the molecule is COc1ccc(OC)c(C2CCCC(C)N2)c1. The maximum atomic E-state index is 5.44. The number of hydrogen-bond acceptors (Lipinski definition) is 3. The lowest BCUT2D eigenvalue weighted by atomic mass is 9.93. The van der Waals surface area contributed by atoms with Crippen molar-refractivity contribution in [2.24, 2.45) is 0 Å². The van der Waals surface area contributed by atoms with Crippen molar-refractivity contribution in [1.29, 1.82) is 0 Å². The van der Waals surface area contributed by atoms with E-state index in [1.165, 1.54) is 18.4 Å². The molecular formula is C14H21NO2. The summed E-state index contributed by atoms with van der Waals surface area (Å²) in [4.78, 5) is 0. The van der Waals surface area contributed by atoms with Gasteiger partial charge in [-0.15, -0.1) is 0 Å². The van der Waals surface area contributed by atoms with Crippen molar-refractivity contribution < 1.29 is 9.47 Å². The zero-order valence-corrected chi connectivity index (χ0v) is 10.8. The number of benzene rings is 1. The van der Waals surface area contributed by atoms with Crippen LogP contribution in [0.3, 0.4) is 0 Å². The third-order valence-electron chi connectivity index (χ3n) is 3.43. The quantitative estimate of drug-likeness (QED) is 0.873. The topological polar surface area (TPSA) is 30.5 Å². The van der Waals surface area contributed by atoms with Gasteiger partial charge in [0.25, 0.3) is 0 Å². The van der Waals surface area contributed by atoms with E-state index in [0.29, 0.717) is 12.1 Å². The molecule has 3 nitrogen and oxygen atoms in total. The second-order valence-electron chi connectivity index (χ2n) is 4.66. The van der Waals surface area contributed by atoms with Crippen LogP contribution in [0.15, 0.2) is 18.2 Å². The Morgan fingerprint density at radius 3 is 2.65 bits per heavy atom. The molecule has 1 aromatic rings. The Balaban J connectivity index is 2.27. The van der Waals surface area contributed by atoms with Crippen LogP contribution in [0.25, 0.3) is 0 Å². The van der Waals surface area contributed by atoms with Gasteiger partial charge >= 0.3 is 0 Å². The van der Waals surface area contributed by atoms with Crippen LogP contribution < -0.4 is 14.8 Å². The normalized spacial score (nSPS) is 24.4. The summed E-state index contributed by atoms with van der Waals surface area (Å²) in [6.07, 6.45) is 3.68. The summed E-state index contributed by atoms with van der Waals surface area (Å²) in [5.74, 6) is 1.83. The molecule has 2 rings (SSSR count). The maximum Gasteiger partial charge on any atom is 0.123 e. The number of nitrogens with one attached hydrogen (secondary N) is 1. The van der Waals surface area contributed by atoms with E-state index in [0.717, 1.165) is 17.9 Å². The third kappa shape index (κ3) is 2.72. The monoisotopic (exact) mass is 235 g/mol. The molecule has 2 unspecified atom stereocenters. The van der Waals surface area contributed by atoms with Gasteiger partial charge in [0.15, 0.2) is 0 Å². The van der Waals surface area contributed by atoms with Gasteiger partial charge in [-0.3, -0.25) is 0 Å². The zero-order valence-electron chi connectivity index (χ0n) is 10.8. The van der Waals surface area contributed by atoms with Crippen LogP contribution >= 0.6 is 0 Å². The lowest BCUT2D eigenvalue weighted by molar-refractivity contribution is 0.326. The highest BCUT2D eigenvalue weighted by Gasteiger charge is 2.22. The van der Waals surface area contributed by atoms with Gasteiger partial charge in [0.2, 0.25) is 0 Å². The molecule has 1 fully saturated rings. The number of methoxy groups -OCH3 is 2. The van der Waals surface area contributed by atoms with Crippen molar-refractivity contribution in [3.05, 3.63) is 23.8 Å². The lowest BCUT2D eigenvalue weighted by Gasteiger charge is -2.30. The van der Waals surface area contributed by atoms with Crippen LogP contribution in [0.5, 0.6) is 11.5 Å². The van der Waals surface area contributed by atoms with E-state index in [1.807, 2.05) is 12.1 Å². The van der Waals surface area contributed by atoms with Crippen LogP contribution in [0.2, 0.25) is 0 Å². The van der Waals surface area contributed by atoms with Gasteiger partial charge in [-0.25, -0.2) is 0 Å². The van der Waals surface area contributed by atoms with E-state index in [-0.39, 0.29) is 0 Å². The molecule has 17 heavy (non-hydrogen) atoms. The molecule has 0 bridgehead atoms. The second kappa shape index (κ2) is 5.41. The molecule has 1 saturated heterocycles. The summed E-state index contributed by atoms with van der Waals surface area (Å²) in [5, 5.41) is 3.62. The molecule has 0 spiro atoms. The molecule has 94 valence electrons. The van der Waals surface area contributed by atoms with E-state index in [2.05, 4.69) is 18.3 Å². The van der Waals surface area contributed by atoms with Crippen LogP contribution in [0.4, 0.5) is 0 Å². The number of piperidine rings is 1. The highest BCUT2D eigenvalue weighted by Crippen LogP contribution is 2.34. The largest absolute Gasteiger partial charge is 0.497 e. The molecular weight excluding hydrogens is 214 g/mol. The standard InChI is InChI=1S/C14H21NO2/c1-10-5-4-6-13(15-10)12-9-11(16-2)7-8-14(12)17-3/h7-10,13,15H,4-6H2,1-3H3. The van der Waals surface area contributed by atoms with Gasteiger partial charge in [-0.2, -0.15) is 0 Å². The number of rotatable bonds is 3. The van der Waals surface area contributed by atoms with Gasteiger partial charge in [0.05, 0.1) is 14.2 Å². The average molecular weight is 235 g/mol. The molecule has 0 aromatic heterocycles. The van der Waals surface area contributed by atoms with E-state index >= 15 is 0 Å². The number of ether oxygens (including phenoxy) is 2. The van der Waals surface area contributed by atoms with Crippen LogP contribution in [-0.2, 0) is 0 Å². The first-order valence-electron chi connectivity index (χ1n) is 6.22. The summed E-state index contributed by atoms with van der Waals surface area (Å²) >= 11 is 0. The van der Waals surface area contributed by atoms with E-state index in [1.54, 1.807) is 14.2 Å². The lowest BCUT2D eigenvalue weighted by Crippen LogP contribution is -2.34. The predicted octanol–water partition coefficient (Wildman–Crippen LogP) is 2.91. The Hall–Kier alpha value is -1.22. The molecule has 3 heteroatoms. The molecule has 1 N–H and O–H groups in total. The first-order chi connectivity index (χ1) is 8.24. The van der Waals surface area contributed by atoms with Crippen LogP contribution in [0.1, 0.15) is 37.8 Å². The minimum absolute atomic E-state index is 0.379. The van der Waals surface area contributed by atoms with Gasteiger partial charge in [0, 0.05) is 17.6 Å². The minimum Gasteiger partial charge on any atom is -0.497 e. The maximum absolute atomic E-state index is 5.44. The number of hydrogen-bond donors (Lipinski definition) is 1. The highest BCUT2D eigenvalue weighted by atomic mass is 16.5. The van der Waals surface area contributed by atoms with E-state index < -0.39 is 0 Å². The first kappa shape index (κ1) is 12.2. The molecule has 0 amide bonds. The molecule has 0 radical (unpaired) electrons. The molecule has 0 aliphatic carbocycles. The van der Waals surface area contributed by atoms with Gasteiger partial charge in [-0.05, 0) is 38.0 Å². The molecule has 1 aliphatic heterocycles. The second-order valence-corrected chi connectivity index (χ2v) is 4.66. The Morgan fingerprint density at radius 2 is 2.00 bits per heavy atom. The van der Waals surface area contributed by atoms with Crippen molar-refractivity contribution in [3.8, 4) is 11.5 Å². The van der Waals surface area contributed by atoms with Crippen LogP contribution in [-0.4, -0.2) is 20.3 Å². The van der Waals surface area contributed by atoms with Crippen molar-refractivity contribution in [2.75, 3.05) is 14.2 Å². The fraction of sp³-hybridized carbons (Fsp3) is 0.571. The Morgan fingerprint density at radius 1 is 1.18 bits per heavy atom. The van der Waals surface area contributed by atoms with Crippen molar-refractivity contribution in [1.82, 2.24) is 5.32 Å². The average Bonchev–Trinajstić information content (AvgIpc) is 2.38. The van der Waals surface area contributed by atoms with Crippen molar-refractivity contribution in [3.63, 3.8) is 0 Å². The Labute approximate surface area is 103 Å². The smallest absolute Gasteiger partial charge is 0.123 e. The molecule has 1 aromatic carbocycles. The molecule has 0 saturated carbocycles. The van der Waals surface area contributed by atoms with Gasteiger partial charge < -0.3 is 14.8 Å². The third-order valence-corrected chi connectivity index (χ3v) is 3.43. The van der Waals surface area contributed by atoms with Crippen LogP contribution in [0, 0.1) is 0 Å². The fourth-order valence-corrected chi connectivity index (χ4v) is 2.50. The predicted molar refractivity (Wildman–Crippen MR) is 68.7 cm³/mol. The van der Waals surface area contributed by atoms with Gasteiger partial charge in [-0.1, -0.05) is 6.42 Å². The summed E-state index contributed by atoms with van der Waals surface area (Å²) in [5.41, 5.74) is 1.21. The van der Waals surface area contributed by atoms with E-state index in [9.17, 15) is 0 Å². The minimum atomic E-state index is 0.379. The fourth-order valence-electron chi connectivity index (χ4n) is 2.50. The molecule has 1 aliphatic rings. The highest BCUT2D eigenvalue weighted by molar-refractivity contribution is 5.42. The first-order valence-corrected chi connectivity index (χ1v) is 6.22. The summed E-state index contributed by atoms with van der Waals surface area (Å²) in [7, 11) is 3.42. The molecule has 1 heterocycles. The molecule has 2 atom stereocenters. The Bertz CT molecular complexity index is 378. The summed E-state index contributed by atoms with van der Waals surface area (Å²) in [6, 6.07) is 6.95. The van der Waals surface area contributed by atoms with Crippen molar-refractivity contribution in [2.45, 2.75) is 38.3 Å². The van der Waals surface area contributed by atoms with Crippen molar-refractivity contribution >= 4 is 0 Å². The summed E-state index contributed by atoms with van der Waals surface area (Å²) in [6.45, 7) is 2.23. The van der Waals surface area contributed by atoms with Gasteiger partial charge in [0.1, 0.15) is 11.5 Å². The Kier molecular flexibility index (Phi) is 3.89. The van der Waals surface area contributed by atoms with E-state index in [4.69, 9.17) is 9.47 Å². The zero-order chi connectivity index (χ0) is 12.3. The summed E-state index contributed by atoms with van der Waals surface area (Å²) < 4.78 is 10.7.